The molecule has 1 aromatic carbocycles. The minimum atomic E-state index is -1.01. The highest BCUT2D eigenvalue weighted by atomic mass is 16.5. The highest BCUT2D eigenvalue weighted by molar-refractivity contribution is 5.84. The molecule has 0 unspecified atom stereocenters. The molecule has 29 heavy (non-hydrogen) atoms. The molecule has 9 nitrogen and oxygen atoms in total. The molecule has 154 valence electrons. The summed E-state index contributed by atoms with van der Waals surface area (Å²) in [6.45, 7) is 0. The summed E-state index contributed by atoms with van der Waals surface area (Å²) in [7, 11) is 5.37. The van der Waals surface area contributed by atoms with Crippen molar-refractivity contribution >= 4 is 17.6 Å². The second-order valence-corrected chi connectivity index (χ2v) is 6.94. The van der Waals surface area contributed by atoms with Gasteiger partial charge in [0.15, 0.2) is 0 Å². The Morgan fingerprint density at radius 3 is 2.21 bits per heavy atom. The molecule has 1 aliphatic carbocycles. The van der Waals surface area contributed by atoms with Crippen LogP contribution in [0.15, 0.2) is 39.9 Å². The fraction of sp³-hybridized carbons (Fsp3) is 0.400. The number of aromatic nitrogens is 2. The average molecular weight is 401 g/mol. The third-order valence-electron chi connectivity index (χ3n) is 5.41. The maximum atomic E-state index is 13.0. The number of ether oxygens (including phenoxy) is 2. The Hall–Kier alpha value is -3.36. The average Bonchev–Trinajstić information content (AvgIpc) is 2.75. The summed E-state index contributed by atoms with van der Waals surface area (Å²) in [5.74, 6) is -3.18. The van der Waals surface area contributed by atoms with Crippen LogP contribution in [-0.2, 0) is 39.6 Å². The van der Waals surface area contributed by atoms with E-state index >= 15 is 0 Å². The van der Waals surface area contributed by atoms with Crippen LogP contribution in [-0.4, -0.2) is 35.3 Å². The van der Waals surface area contributed by atoms with Crippen LogP contribution in [0, 0.1) is 11.8 Å². The van der Waals surface area contributed by atoms with Crippen LogP contribution < -0.4 is 16.6 Å². The van der Waals surface area contributed by atoms with E-state index in [0.717, 1.165) is 4.57 Å². The molecule has 2 aromatic rings. The maximum Gasteiger partial charge on any atom is 0.330 e. The number of hydrogen-bond acceptors (Lipinski definition) is 7. The molecule has 0 saturated heterocycles. The van der Waals surface area contributed by atoms with Crippen molar-refractivity contribution in [2.75, 3.05) is 19.5 Å². The Morgan fingerprint density at radius 1 is 1.00 bits per heavy atom. The number of rotatable bonds is 4. The summed E-state index contributed by atoms with van der Waals surface area (Å²) in [6.07, 6.45) is 0.0105. The molecule has 1 aliphatic rings. The van der Waals surface area contributed by atoms with E-state index < -0.39 is 41.1 Å². The number of carbonyl (C=O) groups excluding carboxylic acids is 2. The monoisotopic (exact) mass is 401 g/mol. The molecule has 0 bridgehead atoms. The van der Waals surface area contributed by atoms with Crippen LogP contribution in [0.4, 0.5) is 5.69 Å². The number of hydrogen-bond donors (Lipinski definition) is 1. The molecule has 0 fully saturated rings. The molecular formula is C20H23N3O6. The summed E-state index contributed by atoms with van der Waals surface area (Å²) in [4.78, 5) is 50.7. The van der Waals surface area contributed by atoms with Gasteiger partial charge >= 0.3 is 17.6 Å². The molecule has 3 atom stereocenters. The van der Waals surface area contributed by atoms with Gasteiger partial charge in [0.05, 0.1) is 37.7 Å². The van der Waals surface area contributed by atoms with Gasteiger partial charge in [-0.15, -0.1) is 0 Å². The highest BCUT2D eigenvalue weighted by Gasteiger charge is 2.48. The highest BCUT2D eigenvalue weighted by Crippen LogP contribution is 2.39. The molecule has 3 rings (SSSR count). The van der Waals surface area contributed by atoms with E-state index in [-0.39, 0.29) is 12.0 Å². The van der Waals surface area contributed by atoms with Crippen LogP contribution in [0.5, 0.6) is 0 Å². The van der Waals surface area contributed by atoms with Gasteiger partial charge in [-0.1, -0.05) is 18.2 Å². The Morgan fingerprint density at radius 2 is 1.62 bits per heavy atom. The summed E-state index contributed by atoms with van der Waals surface area (Å²) in [5.41, 5.74) is 0.274. The minimum Gasteiger partial charge on any atom is -0.469 e. The minimum absolute atomic E-state index is 0.0105. The molecule has 1 heterocycles. The Balaban J connectivity index is 2.29. The number of anilines is 1. The van der Waals surface area contributed by atoms with Crippen molar-refractivity contribution in [2.24, 2.45) is 25.9 Å². The van der Waals surface area contributed by atoms with E-state index in [1.54, 1.807) is 24.3 Å². The van der Waals surface area contributed by atoms with Gasteiger partial charge in [-0.2, -0.15) is 0 Å². The van der Waals surface area contributed by atoms with Crippen LogP contribution in [0.25, 0.3) is 0 Å². The first-order chi connectivity index (χ1) is 13.8. The zero-order chi connectivity index (χ0) is 21.3. The smallest absolute Gasteiger partial charge is 0.330 e. The predicted molar refractivity (Wildman–Crippen MR) is 104 cm³/mol. The van der Waals surface area contributed by atoms with Gasteiger partial charge in [-0.05, 0) is 12.1 Å². The zero-order valence-corrected chi connectivity index (χ0v) is 16.7. The number of benzene rings is 1. The Kier molecular flexibility index (Phi) is 5.58. The van der Waals surface area contributed by atoms with Crippen LogP contribution >= 0.6 is 0 Å². The van der Waals surface area contributed by atoms with Gasteiger partial charge in [0.1, 0.15) is 0 Å². The lowest BCUT2D eigenvalue weighted by molar-refractivity contribution is -0.159. The molecule has 1 aromatic heterocycles. The molecule has 0 amide bonds. The van der Waals surface area contributed by atoms with Crippen molar-refractivity contribution in [1.29, 1.82) is 0 Å². The first kappa shape index (κ1) is 20.4. The third-order valence-corrected chi connectivity index (χ3v) is 5.41. The van der Waals surface area contributed by atoms with E-state index in [2.05, 4.69) is 5.32 Å². The second-order valence-electron chi connectivity index (χ2n) is 6.94. The Labute approximate surface area is 166 Å². The van der Waals surface area contributed by atoms with E-state index in [4.69, 9.17) is 9.47 Å². The summed E-state index contributed by atoms with van der Waals surface area (Å²) >= 11 is 0. The fourth-order valence-corrected chi connectivity index (χ4v) is 3.91. The summed E-state index contributed by atoms with van der Waals surface area (Å²) in [6, 6.07) is 8.11. The van der Waals surface area contributed by atoms with Crippen LogP contribution in [0.1, 0.15) is 17.3 Å². The number of carbonyl (C=O) groups is 2. The van der Waals surface area contributed by atoms with Crippen LogP contribution in [0.2, 0.25) is 0 Å². The van der Waals surface area contributed by atoms with Gasteiger partial charge in [-0.25, -0.2) is 4.79 Å². The normalized spacial score (nSPS) is 20.5. The van der Waals surface area contributed by atoms with E-state index in [9.17, 15) is 19.2 Å². The second kappa shape index (κ2) is 7.94. The maximum absolute atomic E-state index is 13.0. The van der Waals surface area contributed by atoms with Gasteiger partial charge in [0.25, 0.3) is 5.56 Å². The number of fused-ring (bicyclic) bond motifs is 1. The number of esters is 2. The molecule has 1 N–H and O–H groups in total. The number of nitrogens with one attached hydrogen (secondary N) is 1. The lowest BCUT2D eigenvalue weighted by atomic mass is 9.74. The van der Waals surface area contributed by atoms with Gasteiger partial charge in [-0.3, -0.25) is 19.0 Å². The number of nitrogens with zero attached hydrogens (tertiary/aromatic N) is 2. The lowest BCUT2D eigenvalue weighted by Gasteiger charge is -2.37. The van der Waals surface area contributed by atoms with Gasteiger partial charge in [0, 0.05) is 31.9 Å². The molecule has 0 spiro atoms. The van der Waals surface area contributed by atoms with E-state index in [1.165, 1.54) is 32.9 Å². The standard InChI is InChI=1S/C20H23N3O6/c1-22-13-10-12(18(25)28-3)14(19(26)29-4)16(21-11-8-6-5-7-9-11)15(13)17(24)23(2)20(22)27/h5-9,12,14,16,21H,10H2,1-4H3/t12-,14-,16-/m1/s1. The molecule has 0 aliphatic heterocycles. The van der Waals surface area contributed by atoms with E-state index in [1.807, 2.05) is 6.07 Å². The molecule has 9 heteroatoms. The zero-order valence-electron chi connectivity index (χ0n) is 16.7. The number of methoxy groups -OCH3 is 2. The first-order valence-electron chi connectivity index (χ1n) is 9.07. The Bertz CT molecular complexity index is 1060. The van der Waals surface area contributed by atoms with Crippen molar-refractivity contribution in [3.05, 3.63) is 62.4 Å². The van der Waals surface area contributed by atoms with E-state index in [0.29, 0.717) is 11.4 Å². The third kappa shape index (κ3) is 3.43. The summed E-state index contributed by atoms with van der Waals surface area (Å²) < 4.78 is 12.2. The van der Waals surface area contributed by atoms with Gasteiger partial charge in [0.2, 0.25) is 0 Å². The first-order valence-corrected chi connectivity index (χ1v) is 9.07. The SMILES string of the molecule is COC(=O)[C@@H]1[C@H](C(=O)OC)Cc2c(c(=O)n(C)c(=O)n2C)[C@@H]1Nc1ccccc1. The largest absolute Gasteiger partial charge is 0.469 e. The van der Waals surface area contributed by atoms with Crippen molar-refractivity contribution in [2.45, 2.75) is 12.5 Å². The molecular weight excluding hydrogens is 378 g/mol. The number of para-hydroxylation sites is 1. The quantitative estimate of drug-likeness (QED) is 0.738. The van der Waals surface area contributed by atoms with Crippen molar-refractivity contribution in [3.8, 4) is 0 Å². The molecule has 0 radical (unpaired) electrons. The van der Waals surface area contributed by atoms with Crippen molar-refractivity contribution in [3.63, 3.8) is 0 Å². The van der Waals surface area contributed by atoms with Crippen molar-refractivity contribution < 1.29 is 19.1 Å². The fourth-order valence-electron chi connectivity index (χ4n) is 3.91. The summed E-state index contributed by atoms with van der Waals surface area (Å²) in [5, 5.41) is 3.19. The molecule has 0 saturated carbocycles. The van der Waals surface area contributed by atoms with Gasteiger partial charge < -0.3 is 19.4 Å². The topological polar surface area (TPSA) is 109 Å². The van der Waals surface area contributed by atoms with Crippen molar-refractivity contribution in [1.82, 2.24) is 9.13 Å². The predicted octanol–water partition coefficient (Wildman–Crippen LogP) is 0.372. The van der Waals surface area contributed by atoms with Crippen LogP contribution in [0.3, 0.4) is 0 Å². The lowest BCUT2D eigenvalue weighted by Crippen LogP contribution is -2.51.